The van der Waals surface area contributed by atoms with E-state index in [0.717, 1.165) is 30.0 Å². The molecule has 0 aromatic heterocycles. The molecule has 0 aliphatic heterocycles. The topological polar surface area (TPSA) is 21.6 Å². The maximum Gasteiger partial charge on any atom is 0.106 e. The van der Waals surface area contributed by atoms with Gasteiger partial charge in [-0.2, -0.15) is 0 Å². The largest absolute Gasteiger partial charge is 0.399 e. The Morgan fingerprint density at radius 2 is 2.06 bits per heavy atom. The van der Waals surface area contributed by atoms with Crippen LogP contribution < -0.4 is 0 Å². The Labute approximate surface area is 101 Å². The molecule has 86 valence electrons. The first-order chi connectivity index (χ1) is 7.65. The zero-order valence-electron chi connectivity index (χ0n) is 9.93. The third-order valence-electron chi connectivity index (χ3n) is 3.23. The summed E-state index contributed by atoms with van der Waals surface area (Å²) < 4.78 is 0. The number of hydrogen-bond acceptors (Lipinski definition) is 2. The molecule has 1 aromatic carbocycles. The number of rotatable bonds is 1. The third kappa shape index (κ3) is 1.82. The average Bonchev–Trinajstić information content (AvgIpc) is 2.26. The van der Waals surface area contributed by atoms with E-state index in [1.165, 1.54) is 22.3 Å². The molecule has 1 aromatic rings. The smallest absolute Gasteiger partial charge is 0.106 e. The van der Waals surface area contributed by atoms with Crippen LogP contribution >= 0.6 is 11.6 Å². The van der Waals surface area contributed by atoms with Crippen molar-refractivity contribution in [3.63, 3.8) is 0 Å². The molecule has 0 amide bonds. The Bertz CT molecular complexity index is 452. The highest BCUT2D eigenvalue weighted by atomic mass is 35.5. The Hall–Kier alpha value is -1.02. The van der Waals surface area contributed by atoms with E-state index in [-0.39, 0.29) is 0 Å². The van der Waals surface area contributed by atoms with Gasteiger partial charge in [-0.15, -0.1) is 0 Å². The second-order valence-electron chi connectivity index (χ2n) is 4.23. The molecule has 0 saturated carbocycles. The molecule has 2 nitrogen and oxygen atoms in total. The fourth-order valence-electron chi connectivity index (χ4n) is 2.32. The second kappa shape index (κ2) is 4.46. The molecule has 16 heavy (non-hydrogen) atoms. The van der Waals surface area contributed by atoms with Gasteiger partial charge in [-0.3, -0.25) is 0 Å². The van der Waals surface area contributed by atoms with Gasteiger partial charge >= 0.3 is 0 Å². The minimum atomic E-state index is 0.863. The predicted molar refractivity (Wildman–Crippen MR) is 67.4 cm³/mol. The first-order valence-corrected chi connectivity index (χ1v) is 5.92. The summed E-state index contributed by atoms with van der Waals surface area (Å²) in [7, 11) is 1.59. The summed E-state index contributed by atoms with van der Waals surface area (Å²) in [5.41, 5.74) is 5.96. The van der Waals surface area contributed by atoms with E-state index in [9.17, 15) is 0 Å². The van der Waals surface area contributed by atoms with Gasteiger partial charge < -0.3 is 4.84 Å². The molecule has 0 spiro atoms. The van der Waals surface area contributed by atoms with Crippen molar-refractivity contribution in [1.29, 1.82) is 0 Å². The van der Waals surface area contributed by atoms with Gasteiger partial charge in [-0.05, 0) is 55.9 Å². The molecular formula is C13H16ClNO. The minimum absolute atomic E-state index is 0.863. The van der Waals surface area contributed by atoms with Crippen LogP contribution in [0.25, 0.3) is 0 Å². The lowest BCUT2D eigenvalue weighted by molar-refractivity contribution is 0.212. The lowest BCUT2D eigenvalue weighted by Gasteiger charge is -2.22. The van der Waals surface area contributed by atoms with Crippen molar-refractivity contribution < 1.29 is 4.84 Å². The van der Waals surface area contributed by atoms with Crippen molar-refractivity contribution in [2.45, 2.75) is 33.1 Å². The molecular weight excluding hydrogens is 222 g/mol. The van der Waals surface area contributed by atoms with E-state index in [2.05, 4.69) is 19.0 Å². The Morgan fingerprint density at radius 3 is 2.75 bits per heavy atom. The summed E-state index contributed by atoms with van der Waals surface area (Å²) >= 11 is 6.29. The normalized spacial score (nSPS) is 17.4. The van der Waals surface area contributed by atoms with Gasteiger partial charge in [-0.1, -0.05) is 16.8 Å². The van der Waals surface area contributed by atoms with E-state index >= 15 is 0 Å². The number of nitrogens with zero attached hydrogens (tertiary/aromatic N) is 1. The standard InChI is InChI=1S/C13H16ClNO/c1-8-7-11(14)10-5-4-6-12(15-16-3)13(10)9(8)2/h7H,4-6H2,1-3H3/b15-12-. The van der Waals surface area contributed by atoms with Crippen molar-refractivity contribution in [3.05, 3.63) is 33.3 Å². The van der Waals surface area contributed by atoms with Gasteiger partial charge in [0.05, 0.1) is 5.71 Å². The number of hydrogen-bond donors (Lipinski definition) is 0. The van der Waals surface area contributed by atoms with Crippen LogP contribution in [0.4, 0.5) is 0 Å². The predicted octanol–water partition coefficient (Wildman–Crippen LogP) is 3.64. The molecule has 0 N–H and O–H groups in total. The number of halogens is 1. The van der Waals surface area contributed by atoms with E-state index < -0.39 is 0 Å². The Kier molecular flexibility index (Phi) is 3.20. The van der Waals surface area contributed by atoms with Crippen LogP contribution in [0.1, 0.15) is 35.1 Å². The molecule has 1 aliphatic carbocycles. The van der Waals surface area contributed by atoms with Gasteiger partial charge in [0.25, 0.3) is 0 Å². The lowest BCUT2D eigenvalue weighted by Crippen LogP contribution is -2.15. The fourth-order valence-corrected chi connectivity index (χ4v) is 2.68. The SMILES string of the molecule is CO/N=C1/CCCc2c(Cl)cc(C)c(C)c21. The number of aryl methyl sites for hydroxylation is 1. The van der Waals surface area contributed by atoms with Crippen LogP contribution in [-0.2, 0) is 11.3 Å². The maximum atomic E-state index is 6.29. The summed E-state index contributed by atoms with van der Waals surface area (Å²) in [4.78, 5) is 4.92. The van der Waals surface area contributed by atoms with Gasteiger partial charge in [-0.25, -0.2) is 0 Å². The lowest BCUT2D eigenvalue weighted by atomic mass is 9.85. The molecule has 2 rings (SSSR count). The van der Waals surface area contributed by atoms with Crippen LogP contribution in [0.2, 0.25) is 5.02 Å². The van der Waals surface area contributed by atoms with Gasteiger partial charge in [0.15, 0.2) is 0 Å². The van der Waals surface area contributed by atoms with Crippen LogP contribution in [0, 0.1) is 13.8 Å². The van der Waals surface area contributed by atoms with Crippen molar-refractivity contribution in [3.8, 4) is 0 Å². The molecule has 0 unspecified atom stereocenters. The fraction of sp³-hybridized carbons (Fsp3) is 0.462. The first kappa shape index (κ1) is 11.5. The van der Waals surface area contributed by atoms with Crippen LogP contribution in [0.5, 0.6) is 0 Å². The molecule has 0 atom stereocenters. The third-order valence-corrected chi connectivity index (χ3v) is 3.57. The quantitative estimate of drug-likeness (QED) is 0.684. The highest BCUT2D eigenvalue weighted by molar-refractivity contribution is 6.32. The summed E-state index contributed by atoms with van der Waals surface area (Å²) in [5, 5.41) is 4.99. The number of fused-ring (bicyclic) bond motifs is 1. The summed E-state index contributed by atoms with van der Waals surface area (Å²) in [5.74, 6) is 0. The average molecular weight is 238 g/mol. The van der Waals surface area contributed by atoms with Crippen molar-refractivity contribution in [2.24, 2.45) is 5.16 Å². The maximum absolute atomic E-state index is 6.29. The molecule has 0 heterocycles. The van der Waals surface area contributed by atoms with Crippen molar-refractivity contribution >= 4 is 17.3 Å². The summed E-state index contributed by atoms with van der Waals surface area (Å²) in [6.07, 6.45) is 3.11. The van der Waals surface area contributed by atoms with E-state index in [1.54, 1.807) is 7.11 Å². The molecule has 0 bridgehead atoms. The number of benzene rings is 1. The molecule has 0 fully saturated rings. The monoisotopic (exact) mass is 237 g/mol. The van der Waals surface area contributed by atoms with Crippen LogP contribution in [-0.4, -0.2) is 12.8 Å². The van der Waals surface area contributed by atoms with Gasteiger partial charge in [0.1, 0.15) is 7.11 Å². The van der Waals surface area contributed by atoms with Crippen LogP contribution in [0.3, 0.4) is 0 Å². The van der Waals surface area contributed by atoms with E-state index in [0.29, 0.717) is 0 Å². The van der Waals surface area contributed by atoms with E-state index in [1.807, 2.05) is 6.07 Å². The minimum Gasteiger partial charge on any atom is -0.399 e. The highest BCUT2D eigenvalue weighted by Gasteiger charge is 2.21. The zero-order chi connectivity index (χ0) is 11.7. The molecule has 0 radical (unpaired) electrons. The van der Waals surface area contributed by atoms with Crippen molar-refractivity contribution in [2.75, 3.05) is 7.11 Å². The van der Waals surface area contributed by atoms with Crippen molar-refractivity contribution in [1.82, 2.24) is 0 Å². The first-order valence-electron chi connectivity index (χ1n) is 5.54. The van der Waals surface area contributed by atoms with E-state index in [4.69, 9.17) is 16.4 Å². The Morgan fingerprint density at radius 1 is 1.31 bits per heavy atom. The second-order valence-corrected chi connectivity index (χ2v) is 4.64. The zero-order valence-corrected chi connectivity index (χ0v) is 10.7. The summed E-state index contributed by atoms with van der Waals surface area (Å²) in [6, 6.07) is 2.05. The summed E-state index contributed by atoms with van der Waals surface area (Å²) in [6.45, 7) is 4.21. The highest BCUT2D eigenvalue weighted by Crippen LogP contribution is 2.32. The van der Waals surface area contributed by atoms with Crippen LogP contribution in [0.15, 0.2) is 11.2 Å². The molecule has 0 saturated heterocycles. The van der Waals surface area contributed by atoms with Gasteiger partial charge in [0, 0.05) is 10.6 Å². The molecule has 1 aliphatic rings. The molecule has 3 heteroatoms. The number of oxime groups is 1. The van der Waals surface area contributed by atoms with Gasteiger partial charge in [0.2, 0.25) is 0 Å². The Balaban J connectivity index is 2.67.